The molecule has 27 heavy (non-hydrogen) atoms. The average Bonchev–Trinajstić information content (AvgIpc) is 3.11. The van der Waals surface area contributed by atoms with Gasteiger partial charge in [0.2, 0.25) is 17.6 Å². The summed E-state index contributed by atoms with van der Waals surface area (Å²) in [6.07, 6.45) is 0.784. The molecule has 5 nitrogen and oxygen atoms in total. The second-order valence-electron chi connectivity index (χ2n) is 7.06. The number of carbonyl (C=O) groups excluding carboxylic acids is 1. The van der Waals surface area contributed by atoms with E-state index in [-0.39, 0.29) is 5.91 Å². The first-order valence-corrected chi connectivity index (χ1v) is 9.12. The SMILES string of the molecule is Cc1ccc(-c2noc(CCC(=O)N(C)Cc3ccc(C)cc3C)n2)cc1. The molecule has 0 aliphatic carbocycles. The van der Waals surface area contributed by atoms with Gasteiger partial charge in [0.25, 0.3) is 0 Å². The van der Waals surface area contributed by atoms with Crippen molar-refractivity contribution in [2.75, 3.05) is 7.05 Å². The van der Waals surface area contributed by atoms with Gasteiger partial charge >= 0.3 is 0 Å². The van der Waals surface area contributed by atoms with Gasteiger partial charge in [0.15, 0.2) is 0 Å². The Morgan fingerprint density at radius 3 is 2.44 bits per heavy atom. The minimum atomic E-state index is 0.0602. The molecule has 1 amide bonds. The molecule has 0 atom stereocenters. The zero-order valence-corrected chi connectivity index (χ0v) is 16.3. The number of benzene rings is 2. The topological polar surface area (TPSA) is 59.2 Å². The van der Waals surface area contributed by atoms with E-state index in [1.165, 1.54) is 16.7 Å². The van der Waals surface area contributed by atoms with Crippen LogP contribution in [-0.2, 0) is 17.8 Å². The molecule has 1 heterocycles. The monoisotopic (exact) mass is 363 g/mol. The van der Waals surface area contributed by atoms with Gasteiger partial charge in [-0.25, -0.2) is 0 Å². The lowest BCUT2D eigenvalue weighted by atomic mass is 10.1. The smallest absolute Gasteiger partial charge is 0.227 e. The zero-order valence-electron chi connectivity index (χ0n) is 16.3. The molecular formula is C22H25N3O2. The molecule has 0 N–H and O–H groups in total. The predicted octanol–water partition coefficient (Wildman–Crippen LogP) is 4.25. The number of carbonyl (C=O) groups is 1. The Morgan fingerprint density at radius 1 is 1.04 bits per heavy atom. The van der Waals surface area contributed by atoms with E-state index < -0.39 is 0 Å². The highest BCUT2D eigenvalue weighted by Crippen LogP contribution is 2.17. The summed E-state index contributed by atoms with van der Waals surface area (Å²) in [5.41, 5.74) is 5.69. The average molecular weight is 363 g/mol. The Kier molecular flexibility index (Phi) is 5.69. The molecule has 3 rings (SSSR count). The third-order valence-electron chi connectivity index (χ3n) is 4.66. The molecule has 1 aromatic heterocycles. The normalized spacial score (nSPS) is 10.8. The summed E-state index contributed by atoms with van der Waals surface area (Å²) in [5.74, 6) is 1.10. The Labute approximate surface area is 160 Å². The molecule has 0 fully saturated rings. The Bertz CT molecular complexity index is 929. The molecule has 5 heteroatoms. The van der Waals surface area contributed by atoms with E-state index in [0.29, 0.717) is 31.1 Å². The van der Waals surface area contributed by atoms with E-state index in [1.807, 2.05) is 38.2 Å². The van der Waals surface area contributed by atoms with Gasteiger partial charge in [-0.05, 0) is 31.9 Å². The Balaban J connectivity index is 1.56. The maximum Gasteiger partial charge on any atom is 0.227 e. The lowest BCUT2D eigenvalue weighted by Crippen LogP contribution is -2.26. The van der Waals surface area contributed by atoms with Gasteiger partial charge in [-0.2, -0.15) is 4.98 Å². The van der Waals surface area contributed by atoms with Crippen molar-refractivity contribution in [3.05, 3.63) is 70.6 Å². The first-order chi connectivity index (χ1) is 12.9. The van der Waals surface area contributed by atoms with Crippen LogP contribution in [0.3, 0.4) is 0 Å². The fourth-order valence-corrected chi connectivity index (χ4v) is 2.95. The van der Waals surface area contributed by atoms with Crippen LogP contribution in [-0.4, -0.2) is 28.0 Å². The zero-order chi connectivity index (χ0) is 19.4. The summed E-state index contributed by atoms with van der Waals surface area (Å²) in [7, 11) is 1.83. The van der Waals surface area contributed by atoms with E-state index in [1.54, 1.807) is 4.90 Å². The predicted molar refractivity (Wildman–Crippen MR) is 105 cm³/mol. The summed E-state index contributed by atoms with van der Waals surface area (Å²) >= 11 is 0. The molecular weight excluding hydrogens is 338 g/mol. The van der Waals surface area contributed by atoms with Crippen molar-refractivity contribution in [2.24, 2.45) is 0 Å². The van der Waals surface area contributed by atoms with Crippen LogP contribution in [0.15, 0.2) is 47.0 Å². The van der Waals surface area contributed by atoms with Gasteiger partial charge in [-0.1, -0.05) is 58.7 Å². The van der Waals surface area contributed by atoms with Crippen LogP contribution in [0.2, 0.25) is 0 Å². The second kappa shape index (κ2) is 8.16. The van der Waals surface area contributed by atoms with Crippen LogP contribution in [0.1, 0.15) is 34.6 Å². The van der Waals surface area contributed by atoms with Crippen molar-refractivity contribution in [2.45, 2.75) is 40.2 Å². The molecule has 3 aromatic rings. The van der Waals surface area contributed by atoms with Crippen LogP contribution >= 0.6 is 0 Å². The molecule has 0 unspecified atom stereocenters. The molecule has 0 bridgehead atoms. The van der Waals surface area contributed by atoms with Crippen molar-refractivity contribution in [1.82, 2.24) is 15.0 Å². The highest BCUT2D eigenvalue weighted by atomic mass is 16.5. The summed E-state index contributed by atoms with van der Waals surface area (Å²) in [6.45, 7) is 6.78. The maximum atomic E-state index is 12.4. The van der Waals surface area contributed by atoms with Gasteiger partial charge < -0.3 is 9.42 Å². The number of nitrogens with zero attached hydrogens (tertiary/aromatic N) is 3. The Morgan fingerprint density at radius 2 is 1.74 bits per heavy atom. The van der Waals surface area contributed by atoms with Gasteiger partial charge in [-0.3, -0.25) is 4.79 Å². The molecule has 0 spiro atoms. The largest absolute Gasteiger partial charge is 0.341 e. The van der Waals surface area contributed by atoms with Gasteiger partial charge in [0.05, 0.1) is 0 Å². The fraction of sp³-hybridized carbons (Fsp3) is 0.318. The number of aromatic nitrogens is 2. The van der Waals surface area contributed by atoms with E-state index >= 15 is 0 Å². The van der Waals surface area contributed by atoms with Crippen LogP contribution in [0.25, 0.3) is 11.4 Å². The number of rotatable bonds is 6. The summed E-state index contributed by atoms with van der Waals surface area (Å²) < 4.78 is 5.30. The molecule has 0 aliphatic heterocycles. The van der Waals surface area contributed by atoms with Crippen molar-refractivity contribution >= 4 is 5.91 Å². The first-order valence-electron chi connectivity index (χ1n) is 9.12. The summed E-state index contributed by atoms with van der Waals surface area (Å²) in [6, 6.07) is 14.2. The molecule has 0 aliphatic rings. The number of amides is 1. The Hall–Kier alpha value is -2.95. The number of hydrogen-bond donors (Lipinski definition) is 0. The van der Waals surface area contributed by atoms with Gasteiger partial charge in [0, 0.05) is 32.0 Å². The van der Waals surface area contributed by atoms with E-state index in [2.05, 4.69) is 42.2 Å². The summed E-state index contributed by atoms with van der Waals surface area (Å²) in [5, 5.41) is 4.02. The quantitative estimate of drug-likeness (QED) is 0.657. The third kappa shape index (κ3) is 4.82. The molecule has 0 saturated carbocycles. The van der Waals surface area contributed by atoms with Crippen LogP contribution in [0.5, 0.6) is 0 Å². The van der Waals surface area contributed by atoms with Gasteiger partial charge in [0.1, 0.15) is 0 Å². The minimum absolute atomic E-state index is 0.0602. The highest BCUT2D eigenvalue weighted by Gasteiger charge is 2.14. The van der Waals surface area contributed by atoms with Gasteiger partial charge in [-0.15, -0.1) is 0 Å². The highest BCUT2D eigenvalue weighted by molar-refractivity contribution is 5.76. The van der Waals surface area contributed by atoms with Crippen molar-refractivity contribution in [1.29, 1.82) is 0 Å². The number of hydrogen-bond acceptors (Lipinski definition) is 4. The minimum Gasteiger partial charge on any atom is -0.341 e. The maximum absolute atomic E-state index is 12.4. The molecule has 0 radical (unpaired) electrons. The first kappa shape index (κ1) is 18.8. The molecule has 2 aromatic carbocycles. The lowest BCUT2D eigenvalue weighted by molar-refractivity contribution is -0.130. The fourth-order valence-electron chi connectivity index (χ4n) is 2.95. The lowest BCUT2D eigenvalue weighted by Gasteiger charge is -2.18. The standard InChI is InChI=1S/C22H25N3O2/c1-15-5-8-18(9-6-15)22-23-20(27-24-22)11-12-21(26)25(4)14-19-10-7-16(2)13-17(19)3/h5-10,13H,11-12,14H2,1-4H3. The van der Waals surface area contributed by atoms with Crippen LogP contribution in [0, 0.1) is 20.8 Å². The summed E-state index contributed by atoms with van der Waals surface area (Å²) in [4.78, 5) is 18.6. The second-order valence-corrected chi connectivity index (χ2v) is 7.06. The molecule has 140 valence electrons. The van der Waals surface area contributed by atoms with Crippen molar-refractivity contribution < 1.29 is 9.32 Å². The van der Waals surface area contributed by atoms with E-state index in [0.717, 1.165) is 11.1 Å². The van der Waals surface area contributed by atoms with E-state index in [9.17, 15) is 4.79 Å². The van der Waals surface area contributed by atoms with Crippen LogP contribution < -0.4 is 0 Å². The van der Waals surface area contributed by atoms with E-state index in [4.69, 9.17) is 4.52 Å². The third-order valence-corrected chi connectivity index (χ3v) is 4.66. The van der Waals surface area contributed by atoms with Crippen LogP contribution in [0.4, 0.5) is 0 Å². The van der Waals surface area contributed by atoms with Crippen molar-refractivity contribution in [3.63, 3.8) is 0 Å². The number of aryl methyl sites for hydroxylation is 4. The molecule has 0 saturated heterocycles. The van der Waals surface area contributed by atoms with Crippen molar-refractivity contribution in [3.8, 4) is 11.4 Å².